The van der Waals surface area contributed by atoms with E-state index in [1.165, 1.54) is 22.9 Å². The van der Waals surface area contributed by atoms with Crippen molar-refractivity contribution in [2.24, 2.45) is 0 Å². The number of amides is 1. The van der Waals surface area contributed by atoms with E-state index in [2.05, 4.69) is 38.2 Å². The summed E-state index contributed by atoms with van der Waals surface area (Å²) in [5.74, 6) is 0.490. The van der Waals surface area contributed by atoms with Gasteiger partial charge in [-0.2, -0.15) is 0 Å². The maximum absolute atomic E-state index is 13.4. The van der Waals surface area contributed by atoms with Crippen LogP contribution in [0.25, 0.3) is 16.6 Å². The lowest BCUT2D eigenvalue weighted by atomic mass is 9.99. The molecule has 0 spiro atoms. The molecule has 0 radical (unpaired) electrons. The van der Waals surface area contributed by atoms with E-state index in [0.29, 0.717) is 22.0 Å². The fourth-order valence-electron chi connectivity index (χ4n) is 3.78. The largest absolute Gasteiger partial charge is 0.325 e. The molecule has 1 heterocycles. The molecule has 0 aliphatic heterocycles. The highest BCUT2D eigenvalue weighted by Gasteiger charge is 2.15. The van der Waals surface area contributed by atoms with Crippen LogP contribution in [0.4, 0.5) is 5.69 Å². The van der Waals surface area contributed by atoms with Crippen LogP contribution in [-0.4, -0.2) is 21.2 Å². The highest BCUT2D eigenvalue weighted by molar-refractivity contribution is 7.99. The quantitative estimate of drug-likeness (QED) is 0.246. The molecule has 1 aromatic heterocycles. The number of carbonyl (C=O) groups is 1. The first-order valence-corrected chi connectivity index (χ1v) is 12.6. The van der Waals surface area contributed by atoms with Crippen molar-refractivity contribution in [3.8, 4) is 5.69 Å². The van der Waals surface area contributed by atoms with Crippen molar-refractivity contribution in [2.45, 2.75) is 44.7 Å². The van der Waals surface area contributed by atoms with Crippen LogP contribution in [-0.2, 0) is 11.2 Å². The van der Waals surface area contributed by atoms with E-state index >= 15 is 0 Å². The lowest BCUT2D eigenvalue weighted by molar-refractivity contribution is -0.113. The summed E-state index contributed by atoms with van der Waals surface area (Å²) in [6, 6.07) is 23.2. The van der Waals surface area contributed by atoms with E-state index in [1.807, 2.05) is 54.6 Å². The Bertz CT molecular complexity index is 1350. The van der Waals surface area contributed by atoms with Crippen molar-refractivity contribution in [3.05, 3.63) is 94.3 Å². The number of aromatic nitrogens is 2. The number of hydrogen-bond donors (Lipinski definition) is 1. The smallest absolute Gasteiger partial charge is 0.266 e. The minimum absolute atomic E-state index is 0.140. The minimum Gasteiger partial charge on any atom is -0.325 e. The van der Waals surface area contributed by atoms with E-state index < -0.39 is 0 Å². The summed E-state index contributed by atoms with van der Waals surface area (Å²) < 4.78 is 1.60. The Labute approximate surface area is 204 Å². The van der Waals surface area contributed by atoms with Gasteiger partial charge in [0.15, 0.2) is 5.16 Å². The third-order valence-corrected chi connectivity index (χ3v) is 6.99. The van der Waals surface area contributed by atoms with Crippen molar-refractivity contribution in [2.75, 3.05) is 11.1 Å². The van der Waals surface area contributed by atoms with Crippen molar-refractivity contribution in [1.29, 1.82) is 0 Å². The van der Waals surface area contributed by atoms with Gasteiger partial charge in [0.2, 0.25) is 5.91 Å². The van der Waals surface area contributed by atoms with Gasteiger partial charge in [-0.1, -0.05) is 68.9 Å². The summed E-state index contributed by atoms with van der Waals surface area (Å²) in [4.78, 5) is 30.8. The van der Waals surface area contributed by atoms with Crippen LogP contribution in [0.5, 0.6) is 0 Å². The third kappa shape index (κ3) is 5.23. The number of anilines is 1. The predicted octanol–water partition coefficient (Wildman–Crippen LogP) is 6.19. The normalized spacial score (nSPS) is 12.0. The average molecular weight is 472 g/mol. The van der Waals surface area contributed by atoms with Crippen molar-refractivity contribution in [3.63, 3.8) is 0 Å². The molecule has 1 unspecified atom stereocenters. The van der Waals surface area contributed by atoms with Crippen molar-refractivity contribution >= 4 is 34.3 Å². The Balaban J connectivity index is 1.58. The maximum Gasteiger partial charge on any atom is 0.266 e. The zero-order chi connectivity index (χ0) is 24.1. The third-order valence-electron chi connectivity index (χ3n) is 6.06. The number of hydrogen-bond acceptors (Lipinski definition) is 4. The molecule has 5 nitrogen and oxygen atoms in total. The Morgan fingerprint density at radius 2 is 1.71 bits per heavy atom. The first-order valence-electron chi connectivity index (χ1n) is 11.6. The number of carbonyl (C=O) groups excluding carboxylic acids is 1. The number of fused-ring (bicyclic) bond motifs is 1. The number of aryl methyl sites for hydroxylation is 1. The number of rotatable bonds is 8. The molecule has 1 N–H and O–H groups in total. The summed E-state index contributed by atoms with van der Waals surface area (Å²) in [6.07, 6.45) is 2.00. The van der Waals surface area contributed by atoms with E-state index in [-0.39, 0.29) is 17.2 Å². The highest BCUT2D eigenvalue weighted by Crippen LogP contribution is 2.23. The van der Waals surface area contributed by atoms with Crippen LogP contribution in [0.15, 0.2) is 82.7 Å². The second-order valence-corrected chi connectivity index (χ2v) is 9.28. The standard InChI is InChI=1S/C28H29N3O2S/c1-4-19(3)21-12-14-22(15-13-21)29-26(32)18-34-28-30-25-9-7-6-8-24(25)27(33)31(28)23-16-10-20(5-2)11-17-23/h6-17,19H,4-5,18H2,1-3H3,(H,29,32). The number of nitrogens with one attached hydrogen (secondary N) is 1. The van der Waals surface area contributed by atoms with Gasteiger partial charge in [0.25, 0.3) is 5.56 Å². The molecule has 174 valence electrons. The van der Waals surface area contributed by atoms with Gasteiger partial charge < -0.3 is 5.32 Å². The van der Waals surface area contributed by atoms with Gasteiger partial charge in [0.1, 0.15) is 0 Å². The summed E-state index contributed by atoms with van der Waals surface area (Å²) in [6.45, 7) is 6.45. The number of benzene rings is 3. The fourth-order valence-corrected chi connectivity index (χ4v) is 4.59. The van der Waals surface area contributed by atoms with Crippen molar-refractivity contribution < 1.29 is 4.79 Å². The molecular weight excluding hydrogens is 442 g/mol. The highest BCUT2D eigenvalue weighted by atomic mass is 32.2. The van der Waals surface area contributed by atoms with Crippen LogP contribution >= 0.6 is 11.8 Å². The molecule has 0 saturated heterocycles. The van der Waals surface area contributed by atoms with Crippen LogP contribution in [0, 0.1) is 0 Å². The van der Waals surface area contributed by atoms with Gasteiger partial charge in [-0.05, 0) is 66.3 Å². The molecule has 6 heteroatoms. The molecule has 0 aliphatic rings. The van der Waals surface area contributed by atoms with Crippen LogP contribution < -0.4 is 10.9 Å². The molecule has 0 saturated carbocycles. The maximum atomic E-state index is 13.4. The molecule has 1 amide bonds. The molecule has 0 bridgehead atoms. The minimum atomic E-state index is -0.142. The number of para-hydroxylation sites is 1. The van der Waals surface area contributed by atoms with Crippen LogP contribution in [0.2, 0.25) is 0 Å². The predicted molar refractivity (Wildman–Crippen MR) is 141 cm³/mol. The Morgan fingerprint density at radius 3 is 2.38 bits per heavy atom. The molecule has 0 fully saturated rings. The first kappa shape index (κ1) is 23.8. The Hall–Kier alpha value is -3.38. The molecule has 34 heavy (non-hydrogen) atoms. The van der Waals surface area contributed by atoms with Crippen molar-refractivity contribution in [1.82, 2.24) is 9.55 Å². The summed E-state index contributed by atoms with van der Waals surface area (Å²) >= 11 is 1.26. The van der Waals surface area contributed by atoms with Gasteiger partial charge in [0.05, 0.1) is 22.3 Å². The number of thioether (sulfide) groups is 1. The SMILES string of the molecule is CCc1ccc(-n2c(SCC(=O)Nc3ccc(C(C)CC)cc3)nc3ccccc3c2=O)cc1. The van der Waals surface area contributed by atoms with E-state index in [9.17, 15) is 9.59 Å². The zero-order valence-electron chi connectivity index (χ0n) is 19.7. The van der Waals surface area contributed by atoms with Gasteiger partial charge in [0, 0.05) is 5.69 Å². The van der Waals surface area contributed by atoms with E-state index in [0.717, 1.165) is 24.2 Å². The fraction of sp³-hybridized carbons (Fsp3) is 0.250. The Kier molecular flexibility index (Phi) is 7.48. The lowest BCUT2D eigenvalue weighted by Crippen LogP contribution is -2.23. The second-order valence-electron chi connectivity index (χ2n) is 8.34. The molecule has 4 aromatic rings. The molecule has 4 rings (SSSR count). The summed E-state index contributed by atoms with van der Waals surface area (Å²) in [7, 11) is 0. The molecular formula is C28H29N3O2S. The lowest BCUT2D eigenvalue weighted by Gasteiger charge is -2.14. The van der Waals surface area contributed by atoms with E-state index in [4.69, 9.17) is 4.98 Å². The first-order chi connectivity index (χ1) is 16.5. The molecule has 1 atom stereocenters. The zero-order valence-corrected chi connectivity index (χ0v) is 20.6. The summed E-state index contributed by atoms with van der Waals surface area (Å²) in [5, 5.41) is 4.00. The molecule has 0 aliphatic carbocycles. The average Bonchev–Trinajstić information content (AvgIpc) is 2.87. The van der Waals surface area contributed by atoms with Gasteiger partial charge in [-0.25, -0.2) is 4.98 Å². The second kappa shape index (κ2) is 10.7. The van der Waals surface area contributed by atoms with Crippen LogP contribution in [0.1, 0.15) is 44.2 Å². The van der Waals surface area contributed by atoms with Crippen LogP contribution in [0.3, 0.4) is 0 Å². The van der Waals surface area contributed by atoms with Gasteiger partial charge in [-0.3, -0.25) is 14.2 Å². The van der Waals surface area contributed by atoms with Gasteiger partial charge in [-0.15, -0.1) is 0 Å². The van der Waals surface area contributed by atoms with E-state index in [1.54, 1.807) is 10.6 Å². The topological polar surface area (TPSA) is 64.0 Å². The number of nitrogens with zero attached hydrogens (tertiary/aromatic N) is 2. The molecule has 3 aromatic carbocycles. The summed E-state index contributed by atoms with van der Waals surface area (Å²) in [5.41, 5.74) is 4.43. The monoisotopic (exact) mass is 471 g/mol. The van der Waals surface area contributed by atoms with Gasteiger partial charge >= 0.3 is 0 Å². The Morgan fingerprint density at radius 1 is 1.00 bits per heavy atom.